The third-order valence-electron chi connectivity index (χ3n) is 3.02. The van der Waals surface area contributed by atoms with Crippen LogP contribution in [-0.2, 0) is 0 Å². The lowest BCUT2D eigenvalue weighted by Crippen LogP contribution is -2.26. The van der Waals surface area contributed by atoms with Crippen molar-refractivity contribution in [3.63, 3.8) is 0 Å². The Morgan fingerprint density at radius 3 is 2.47 bits per heavy atom. The highest BCUT2D eigenvalue weighted by molar-refractivity contribution is 6.33. The molecular weight excluding hydrogens is 258 g/mol. The summed E-state index contributed by atoms with van der Waals surface area (Å²) in [6.45, 7) is 1.70. The maximum atomic E-state index is 6.27. The van der Waals surface area contributed by atoms with Crippen LogP contribution in [0.3, 0.4) is 0 Å². The summed E-state index contributed by atoms with van der Waals surface area (Å²) < 4.78 is 0. The van der Waals surface area contributed by atoms with E-state index in [1.807, 2.05) is 42.5 Å². The van der Waals surface area contributed by atoms with Gasteiger partial charge in [-0.25, -0.2) is 0 Å². The van der Waals surface area contributed by atoms with Crippen LogP contribution in [0, 0.1) is 0 Å². The van der Waals surface area contributed by atoms with E-state index in [0.29, 0.717) is 0 Å². The highest BCUT2D eigenvalue weighted by Gasteiger charge is 2.10. The van der Waals surface area contributed by atoms with Crippen LogP contribution in [0.15, 0.2) is 53.5 Å². The van der Waals surface area contributed by atoms with Crippen molar-refractivity contribution in [3.8, 4) is 11.1 Å². The molecule has 1 aliphatic rings. The van der Waals surface area contributed by atoms with E-state index in [-0.39, 0.29) is 0 Å². The van der Waals surface area contributed by atoms with E-state index in [1.165, 1.54) is 0 Å². The lowest BCUT2D eigenvalue weighted by atomic mass is 10.0. The van der Waals surface area contributed by atoms with Gasteiger partial charge in [0.2, 0.25) is 0 Å². The van der Waals surface area contributed by atoms with Crippen LogP contribution in [0.4, 0.5) is 5.69 Å². The van der Waals surface area contributed by atoms with E-state index in [9.17, 15) is 0 Å². The fraction of sp³-hybridized carbons (Fsp3) is 0.133. The van der Waals surface area contributed by atoms with Gasteiger partial charge in [-0.05, 0) is 12.1 Å². The number of hydrogen-bond donors (Lipinski definition) is 2. The number of nitrogens with zero attached hydrogens (tertiary/aromatic N) is 1. The van der Waals surface area contributed by atoms with E-state index < -0.39 is 0 Å². The van der Waals surface area contributed by atoms with Gasteiger partial charge in [-0.3, -0.25) is 4.99 Å². The molecule has 96 valence electrons. The molecule has 2 N–H and O–H groups in total. The van der Waals surface area contributed by atoms with Crippen molar-refractivity contribution < 1.29 is 0 Å². The molecule has 0 saturated heterocycles. The van der Waals surface area contributed by atoms with Gasteiger partial charge in [0, 0.05) is 28.4 Å². The first-order chi connectivity index (χ1) is 9.34. The average Bonchev–Trinajstić information content (AvgIpc) is 2.93. The van der Waals surface area contributed by atoms with Crippen molar-refractivity contribution in [2.24, 2.45) is 4.99 Å². The van der Waals surface area contributed by atoms with E-state index in [4.69, 9.17) is 11.6 Å². The first-order valence-corrected chi connectivity index (χ1v) is 6.62. The van der Waals surface area contributed by atoms with Crippen molar-refractivity contribution in [1.29, 1.82) is 0 Å². The molecule has 0 bridgehead atoms. The molecule has 0 fully saturated rings. The number of nitrogens with one attached hydrogen (secondary N) is 2. The minimum Gasteiger partial charge on any atom is -0.354 e. The van der Waals surface area contributed by atoms with Crippen LogP contribution in [0.1, 0.15) is 0 Å². The third kappa shape index (κ3) is 2.56. The average molecular weight is 272 g/mol. The van der Waals surface area contributed by atoms with Crippen molar-refractivity contribution in [2.45, 2.75) is 0 Å². The molecule has 1 heterocycles. The topological polar surface area (TPSA) is 36.4 Å². The molecule has 0 amide bonds. The summed E-state index contributed by atoms with van der Waals surface area (Å²) >= 11 is 6.27. The summed E-state index contributed by atoms with van der Waals surface area (Å²) in [5.41, 5.74) is 3.10. The van der Waals surface area contributed by atoms with Crippen molar-refractivity contribution in [2.75, 3.05) is 18.4 Å². The maximum absolute atomic E-state index is 6.27. The van der Waals surface area contributed by atoms with E-state index >= 15 is 0 Å². The Bertz CT molecular complexity index is 622. The predicted octanol–water partition coefficient (Wildman–Crippen LogP) is 3.38. The van der Waals surface area contributed by atoms with Crippen LogP contribution in [0.25, 0.3) is 11.1 Å². The largest absolute Gasteiger partial charge is 0.354 e. The van der Waals surface area contributed by atoms with Crippen LogP contribution in [-0.4, -0.2) is 19.0 Å². The molecule has 0 atom stereocenters. The molecule has 1 aliphatic heterocycles. The van der Waals surface area contributed by atoms with E-state index in [1.54, 1.807) is 0 Å². The standard InChI is InChI=1S/C15H14ClN3/c16-13-7-3-1-5-11(13)12-6-2-4-8-14(12)19-15-17-9-10-18-15/h1-8H,9-10H2,(H2,17,18,19). The second kappa shape index (κ2) is 5.33. The number of aliphatic imine (C=N–C) groups is 1. The molecule has 0 radical (unpaired) electrons. The van der Waals surface area contributed by atoms with Gasteiger partial charge in [0.25, 0.3) is 0 Å². The van der Waals surface area contributed by atoms with Crippen molar-refractivity contribution in [3.05, 3.63) is 53.6 Å². The van der Waals surface area contributed by atoms with Crippen molar-refractivity contribution in [1.82, 2.24) is 5.32 Å². The van der Waals surface area contributed by atoms with Gasteiger partial charge >= 0.3 is 0 Å². The minimum absolute atomic E-state index is 0.748. The minimum atomic E-state index is 0.748. The number of rotatable bonds is 2. The predicted molar refractivity (Wildman–Crippen MR) is 80.8 cm³/mol. The number of para-hydroxylation sites is 1. The summed E-state index contributed by atoms with van der Waals surface area (Å²) in [7, 11) is 0. The quantitative estimate of drug-likeness (QED) is 0.879. The fourth-order valence-corrected chi connectivity index (χ4v) is 2.35. The zero-order chi connectivity index (χ0) is 13.1. The van der Waals surface area contributed by atoms with Crippen LogP contribution in [0.2, 0.25) is 5.02 Å². The Balaban J connectivity index is 2.00. The maximum Gasteiger partial charge on any atom is 0.195 e. The number of guanidine groups is 1. The molecule has 0 saturated carbocycles. The second-order valence-corrected chi connectivity index (χ2v) is 4.71. The highest BCUT2D eigenvalue weighted by Crippen LogP contribution is 2.33. The zero-order valence-corrected chi connectivity index (χ0v) is 11.1. The molecule has 0 unspecified atom stereocenters. The lowest BCUT2D eigenvalue weighted by Gasteiger charge is -2.13. The van der Waals surface area contributed by atoms with Crippen LogP contribution >= 0.6 is 11.6 Å². The Morgan fingerprint density at radius 2 is 1.74 bits per heavy atom. The molecule has 3 nitrogen and oxygen atoms in total. The Morgan fingerprint density at radius 1 is 1.00 bits per heavy atom. The smallest absolute Gasteiger partial charge is 0.195 e. The van der Waals surface area contributed by atoms with Gasteiger partial charge in [-0.15, -0.1) is 0 Å². The number of halogens is 1. The normalized spacial score (nSPS) is 13.8. The Hall–Kier alpha value is -2.00. The zero-order valence-electron chi connectivity index (χ0n) is 10.4. The lowest BCUT2D eigenvalue weighted by molar-refractivity contribution is 0.959. The molecule has 4 heteroatoms. The van der Waals surface area contributed by atoms with E-state index in [0.717, 1.165) is 40.9 Å². The molecule has 3 rings (SSSR count). The number of hydrogen-bond acceptors (Lipinski definition) is 3. The molecule has 0 spiro atoms. The van der Waals surface area contributed by atoms with Gasteiger partial charge in [0.1, 0.15) is 0 Å². The first kappa shape index (κ1) is 12.1. The summed E-state index contributed by atoms with van der Waals surface area (Å²) in [6.07, 6.45) is 0. The molecule has 2 aromatic rings. The van der Waals surface area contributed by atoms with Crippen LogP contribution < -0.4 is 10.6 Å². The Labute approximate surface area is 117 Å². The molecular formula is C15H14ClN3. The first-order valence-electron chi connectivity index (χ1n) is 6.24. The van der Waals surface area contributed by atoms with Crippen molar-refractivity contribution >= 4 is 23.2 Å². The number of benzene rings is 2. The summed E-state index contributed by atoms with van der Waals surface area (Å²) in [4.78, 5) is 4.35. The molecule has 19 heavy (non-hydrogen) atoms. The van der Waals surface area contributed by atoms with Crippen LogP contribution in [0.5, 0.6) is 0 Å². The SMILES string of the molecule is Clc1ccccc1-c1ccccc1NC1=NCCN1. The monoisotopic (exact) mass is 271 g/mol. The van der Waals surface area contributed by atoms with Gasteiger partial charge in [0.15, 0.2) is 5.96 Å². The molecule has 0 aliphatic carbocycles. The second-order valence-electron chi connectivity index (χ2n) is 4.31. The fourth-order valence-electron chi connectivity index (χ4n) is 2.12. The van der Waals surface area contributed by atoms with E-state index in [2.05, 4.69) is 21.7 Å². The number of anilines is 1. The third-order valence-corrected chi connectivity index (χ3v) is 3.35. The summed E-state index contributed by atoms with van der Waals surface area (Å²) in [5, 5.41) is 7.27. The summed E-state index contributed by atoms with van der Waals surface area (Å²) in [5.74, 6) is 0.819. The Kier molecular flexibility index (Phi) is 3.38. The van der Waals surface area contributed by atoms with Gasteiger partial charge in [0.05, 0.1) is 6.54 Å². The molecule has 0 aromatic heterocycles. The van der Waals surface area contributed by atoms with Gasteiger partial charge in [-0.2, -0.15) is 0 Å². The summed E-state index contributed by atoms with van der Waals surface area (Å²) in [6, 6.07) is 15.9. The van der Waals surface area contributed by atoms with Gasteiger partial charge in [-0.1, -0.05) is 48.0 Å². The molecule has 2 aromatic carbocycles. The highest BCUT2D eigenvalue weighted by atomic mass is 35.5. The van der Waals surface area contributed by atoms with Gasteiger partial charge < -0.3 is 10.6 Å².